The van der Waals surface area contributed by atoms with Crippen LogP contribution in [-0.2, 0) is 6.54 Å². The van der Waals surface area contributed by atoms with E-state index in [0.29, 0.717) is 17.9 Å². The predicted octanol–water partition coefficient (Wildman–Crippen LogP) is 4.32. The Hall–Kier alpha value is -3.93. The number of hydrogen-bond donors (Lipinski definition) is 2. The lowest BCUT2D eigenvalue weighted by Gasteiger charge is -2.07. The highest BCUT2D eigenvalue weighted by atomic mass is 16.1. The summed E-state index contributed by atoms with van der Waals surface area (Å²) in [4.78, 5) is 16.5. The van der Waals surface area contributed by atoms with Crippen molar-refractivity contribution in [2.75, 3.05) is 10.6 Å². The first-order chi connectivity index (χ1) is 13.8. The van der Waals surface area contributed by atoms with Gasteiger partial charge in [-0.05, 0) is 42.0 Å². The first-order valence-corrected chi connectivity index (χ1v) is 8.92. The summed E-state index contributed by atoms with van der Waals surface area (Å²) in [6, 6.07) is 22.9. The van der Waals surface area contributed by atoms with Gasteiger partial charge in [0.05, 0.1) is 6.54 Å². The second kappa shape index (κ2) is 8.18. The number of nitrogens with zero attached hydrogens (tertiary/aromatic N) is 3. The Balaban J connectivity index is 1.37. The Kier molecular flexibility index (Phi) is 5.11. The molecule has 2 aromatic carbocycles. The van der Waals surface area contributed by atoms with Gasteiger partial charge in [-0.3, -0.25) is 14.5 Å². The SMILES string of the molecule is O=C(Nc1ccn(Cc2ccccc2)n1)c1ccc(Nc2ccncc2)cc1. The Labute approximate surface area is 162 Å². The molecule has 2 heterocycles. The van der Waals surface area contributed by atoms with Gasteiger partial charge in [0.2, 0.25) is 0 Å². The molecular weight excluding hydrogens is 350 g/mol. The van der Waals surface area contributed by atoms with Crippen molar-refractivity contribution in [3.8, 4) is 0 Å². The van der Waals surface area contributed by atoms with Crippen LogP contribution in [0.15, 0.2) is 91.4 Å². The fraction of sp³-hybridized carbons (Fsp3) is 0.0455. The number of aromatic nitrogens is 3. The average Bonchev–Trinajstić information content (AvgIpc) is 3.17. The van der Waals surface area contributed by atoms with Crippen molar-refractivity contribution < 1.29 is 4.79 Å². The highest BCUT2D eigenvalue weighted by Gasteiger charge is 2.08. The van der Waals surface area contributed by atoms with Crippen LogP contribution in [0, 0.1) is 0 Å². The second-order valence-corrected chi connectivity index (χ2v) is 6.28. The van der Waals surface area contributed by atoms with Crippen LogP contribution < -0.4 is 10.6 Å². The number of benzene rings is 2. The molecule has 0 spiro atoms. The molecule has 6 heteroatoms. The fourth-order valence-corrected chi connectivity index (χ4v) is 2.78. The van der Waals surface area contributed by atoms with Crippen LogP contribution in [0.4, 0.5) is 17.2 Å². The van der Waals surface area contributed by atoms with Crippen molar-refractivity contribution in [3.63, 3.8) is 0 Å². The van der Waals surface area contributed by atoms with Crippen molar-refractivity contribution in [2.45, 2.75) is 6.54 Å². The Morgan fingerprint density at radius 1 is 0.857 bits per heavy atom. The van der Waals surface area contributed by atoms with E-state index in [1.807, 2.05) is 60.8 Å². The van der Waals surface area contributed by atoms with Crippen LogP contribution in [0.1, 0.15) is 15.9 Å². The van der Waals surface area contributed by atoms with Gasteiger partial charge in [0, 0.05) is 41.6 Å². The minimum Gasteiger partial charge on any atom is -0.355 e. The van der Waals surface area contributed by atoms with E-state index in [4.69, 9.17) is 0 Å². The molecule has 0 aliphatic heterocycles. The molecule has 1 amide bonds. The first kappa shape index (κ1) is 17.5. The lowest BCUT2D eigenvalue weighted by Crippen LogP contribution is -2.12. The maximum atomic E-state index is 12.5. The average molecular weight is 369 g/mol. The Morgan fingerprint density at radius 2 is 1.57 bits per heavy atom. The van der Waals surface area contributed by atoms with E-state index in [1.54, 1.807) is 35.3 Å². The number of anilines is 3. The third kappa shape index (κ3) is 4.42. The van der Waals surface area contributed by atoms with Crippen LogP contribution in [0.5, 0.6) is 0 Å². The Bertz CT molecular complexity index is 1040. The molecular formula is C22H19N5O. The highest BCUT2D eigenvalue weighted by Crippen LogP contribution is 2.17. The Morgan fingerprint density at radius 3 is 2.32 bits per heavy atom. The summed E-state index contributed by atoms with van der Waals surface area (Å²) >= 11 is 0. The molecule has 0 unspecified atom stereocenters. The summed E-state index contributed by atoms with van der Waals surface area (Å²) in [5, 5.41) is 10.5. The van der Waals surface area contributed by atoms with Gasteiger partial charge in [0.25, 0.3) is 5.91 Å². The molecule has 0 fully saturated rings. The van der Waals surface area contributed by atoms with Gasteiger partial charge in [0.15, 0.2) is 5.82 Å². The monoisotopic (exact) mass is 369 g/mol. The molecule has 2 N–H and O–H groups in total. The van der Waals surface area contributed by atoms with E-state index in [0.717, 1.165) is 16.9 Å². The first-order valence-electron chi connectivity index (χ1n) is 8.92. The number of carbonyl (C=O) groups is 1. The minimum atomic E-state index is -0.194. The molecule has 0 aliphatic carbocycles. The molecule has 4 aromatic rings. The minimum absolute atomic E-state index is 0.194. The van der Waals surface area contributed by atoms with E-state index in [9.17, 15) is 4.79 Å². The highest BCUT2D eigenvalue weighted by molar-refractivity contribution is 6.03. The molecule has 28 heavy (non-hydrogen) atoms. The van der Waals surface area contributed by atoms with Gasteiger partial charge in [-0.25, -0.2) is 0 Å². The van der Waals surface area contributed by atoms with E-state index >= 15 is 0 Å². The zero-order chi connectivity index (χ0) is 19.2. The lowest BCUT2D eigenvalue weighted by molar-refractivity contribution is 0.102. The van der Waals surface area contributed by atoms with Crippen molar-refractivity contribution in [1.29, 1.82) is 0 Å². The normalized spacial score (nSPS) is 10.4. The summed E-state index contributed by atoms with van der Waals surface area (Å²) in [6.45, 7) is 0.659. The van der Waals surface area contributed by atoms with Crippen molar-refractivity contribution in [1.82, 2.24) is 14.8 Å². The summed E-state index contributed by atoms with van der Waals surface area (Å²) in [5.74, 6) is 0.334. The maximum absolute atomic E-state index is 12.5. The molecule has 0 radical (unpaired) electrons. The zero-order valence-electron chi connectivity index (χ0n) is 15.1. The summed E-state index contributed by atoms with van der Waals surface area (Å²) in [5.41, 5.74) is 3.56. The van der Waals surface area contributed by atoms with Gasteiger partial charge in [-0.2, -0.15) is 5.10 Å². The molecule has 0 bridgehead atoms. The van der Waals surface area contributed by atoms with Gasteiger partial charge >= 0.3 is 0 Å². The predicted molar refractivity (Wildman–Crippen MR) is 110 cm³/mol. The number of rotatable bonds is 6. The largest absolute Gasteiger partial charge is 0.355 e. The van der Waals surface area contributed by atoms with Gasteiger partial charge in [-0.15, -0.1) is 0 Å². The van der Waals surface area contributed by atoms with Gasteiger partial charge < -0.3 is 10.6 Å². The van der Waals surface area contributed by atoms with Crippen LogP contribution in [0.2, 0.25) is 0 Å². The molecule has 0 saturated carbocycles. The van der Waals surface area contributed by atoms with E-state index in [2.05, 4.69) is 20.7 Å². The molecule has 138 valence electrons. The number of pyridine rings is 1. The smallest absolute Gasteiger partial charge is 0.256 e. The number of amides is 1. The van der Waals surface area contributed by atoms with Crippen LogP contribution in [-0.4, -0.2) is 20.7 Å². The summed E-state index contributed by atoms with van der Waals surface area (Å²) in [7, 11) is 0. The lowest BCUT2D eigenvalue weighted by atomic mass is 10.2. The summed E-state index contributed by atoms with van der Waals surface area (Å²) < 4.78 is 1.80. The molecule has 2 aromatic heterocycles. The number of nitrogens with one attached hydrogen (secondary N) is 2. The van der Waals surface area contributed by atoms with Crippen molar-refractivity contribution >= 4 is 23.1 Å². The van der Waals surface area contributed by atoms with E-state index < -0.39 is 0 Å². The van der Waals surface area contributed by atoms with E-state index in [1.165, 1.54) is 0 Å². The third-order valence-electron chi connectivity index (χ3n) is 4.19. The van der Waals surface area contributed by atoms with Crippen LogP contribution >= 0.6 is 0 Å². The molecule has 0 saturated heterocycles. The molecule has 0 atom stereocenters. The van der Waals surface area contributed by atoms with Gasteiger partial charge in [0.1, 0.15) is 0 Å². The van der Waals surface area contributed by atoms with Crippen molar-refractivity contribution in [3.05, 3.63) is 103 Å². The van der Waals surface area contributed by atoms with E-state index in [-0.39, 0.29) is 5.91 Å². The van der Waals surface area contributed by atoms with Gasteiger partial charge in [-0.1, -0.05) is 30.3 Å². The molecule has 0 aliphatic rings. The third-order valence-corrected chi connectivity index (χ3v) is 4.19. The molecule has 4 rings (SSSR count). The maximum Gasteiger partial charge on any atom is 0.256 e. The molecule has 6 nitrogen and oxygen atoms in total. The topological polar surface area (TPSA) is 71.8 Å². The summed E-state index contributed by atoms with van der Waals surface area (Å²) in [6.07, 6.45) is 5.30. The second-order valence-electron chi connectivity index (χ2n) is 6.28. The fourth-order valence-electron chi connectivity index (χ4n) is 2.78. The van der Waals surface area contributed by atoms with Crippen LogP contribution in [0.25, 0.3) is 0 Å². The zero-order valence-corrected chi connectivity index (χ0v) is 15.1. The number of carbonyl (C=O) groups excluding carboxylic acids is 1. The van der Waals surface area contributed by atoms with Crippen molar-refractivity contribution in [2.24, 2.45) is 0 Å². The van der Waals surface area contributed by atoms with Crippen LogP contribution in [0.3, 0.4) is 0 Å². The number of hydrogen-bond acceptors (Lipinski definition) is 4. The quantitative estimate of drug-likeness (QED) is 0.531. The standard InChI is InChI=1S/C22H19N5O/c28-22(18-6-8-19(9-7-18)24-20-10-13-23-14-11-20)25-21-12-15-27(26-21)16-17-4-2-1-3-5-17/h1-15H,16H2,(H,23,24)(H,25,26,28).